The van der Waals surface area contributed by atoms with Crippen LogP contribution in [0.15, 0.2) is 83.8 Å². The van der Waals surface area contributed by atoms with E-state index in [1.807, 2.05) is 0 Å². The lowest BCUT2D eigenvalue weighted by Gasteiger charge is -2.24. The molecule has 0 saturated heterocycles. The van der Waals surface area contributed by atoms with Gasteiger partial charge >= 0.3 is 5.97 Å². The minimum atomic E-state index is -4.51. The van der Waals surface area contributed by atoms with Crippen LogP contribution in [0.25, 0.3) is 0 Å². The molecule has 0 fully saturated rings. The van der Waals surface area contributed by atoms with Gasteiger partial charge in [-0.2, -0.15) is 0 Å². The van der Waals surface area contributed by atoms with Crippen molar-refractivity contribution in [2.45, 2.75) is 4.90 Å². The molecule has 0 radical (unpaired) electrons. The molecule has 3 rings (SSSR count). The van der Waals surface area contributed by atoms with Crippen molar-refractivity contribution in [3.05, 3.63) is 94.5 Å². The van der Waals surface area contributed by atoms with E-state index in [1.54, 1.807) is 30.3 Å². The molecular formula is C22H19N3O7S. The number of rotatable bonds is 8. The molecule has 0 aliphatic carbocycles. The van der Waals surface area contributed by atoms with Gasteiger partial charge in [0.2, 0.25) is 5.91 Å². The summed E-state index contributed by atoms with van der Waals surface area (Å²) in [6.45, 7) is -0.700. The summed E-state index contributed by atoms with van der Waals surface area (Å²) in [7, 11) is -3.32. The number of anilines is 2. The highest BCUT2D eigenvalue weighted by Gasteiger charge is 2.33. The Bertz CT molecular complexity index is 1290. The van der Waals surface area contributed by atoms with E-state index in [2.05, 4.69) is 5.32 Å². The maximum Gasteiger partial charge on any atom is 0.339 e. The van der Waals surface area contributed by atoms with E-state index in [1.165, 1.54) is 43.5 Å². The van der Waals surface area contributed by atoms with E-state index in [4.69, 9.17) is 4.74 Å². The predicted octanol–water partition coefficient (Wildman–Crippen LogP) is 3.22. The normalized spacial score (nSPS) is 10.8. The van der Waals surface area contributed by atoms with E-state index in [9.17, 15) is 28.1 Å². The van der Waals surface area contributed by atoms with E-state index >= 15 is 0 Å². The Balaban J connectivity index is 2.00. The highest BCUT2D eigenvalue weighted by Crippen LogP contribution is 2.29. The molecule has 3 aromatic carbocycles. The summed E-state index contributed by atoms with van der Waals surface area (Å²) >= 11 is 0. The van der Waals surface area contributed by atoms with E-state index < -0.39 is 44.0 Å². The lowest BCUT2D eigenvalue weighted by atomic mass is 10.2. The van der Waals surface area contributed by atoms with Crippen molar-refractivity contribution in [3.63, 3.8) is 0 Å². The number of ether oxygens (including phenoxy) is 1. The van der Waals surface area contributed by atoms with Crippen LogP contribution in [0.4, 0.5) is 17.1 Å². The van der Waals surface area contributed by atoms with Crippen LogP contribution in [0, 0.1) is 10.1 Å². The first-order valence-electron chi connectivity index (χ1n) is 9.54. The second kappa shape index (κ2) is 9.92. The number of methoxy groups -OCH3 is 1. The number of carbonyl (C=O) groups is 2. The maximum atomic E-state index is 13.4. The molecule has 0 aliphatic rings. The summed E-state index contributed by atoms with van der Waals surface area (Å²) < 4.78 is 32.3. The van der Waals surface area contributed by atoms with Crippen molar-refractivity contribution in [1.82, 2.24) is 0 Å². The first-order valence-corrected chi connectivity index (χ1v) is 11.0. The number of amides is 1. The Hall–Kier alpha value is -4.25. The van der Waals surface area contributed by atoms with Crippen LogP contribution in [0.1, 0.15) is 10.4 Å². The molecular weight excluding hydrogens is 450 g/mol. The molecule has 10 nitrogen and oxygen atoms in total. The highest BCUT2D eigenvalue weighted by atomic mass is 32.2. The average molecular weight is 469 g/mol. The number of nitro benzene ring substituents is 1. The number of hydrogen-bond donors (Lipinski definition) is 1. The topological polar surface area (TPSA) is 136 Å². The number of hydrogen-bond acceptors (Lipinski definition) is 7. The SMILES string of the molecule is COC(=O)c1ccccc1NC(=O)CN(c1ccccc1)S(=O)(=O)c1ccccc1[N+](=O)[O-]. The summed E-state index contributed by atoms with van der Waals surface area (Å²) in [4.78, 5) is 34.9. The van der Waals surface area contributed by atoms with Crippen LogP contribution in [-0.2, 0) is 19.6 Å². The number of nitrogens with zero attached hydrogens (tertiary/aromatic N) is 2. The van der Waals surface area contributed by atoms with Crippen molar-refractivity contribution in [2.75, 3.05) is 23.3 Å². The molecule has 3 aromatic rings. The second-order valence-corrected chi connectivity index (χ2v) is 8.49. The molecule has 1 amide bonds. The van der Waals surface area contributed by atoms with Crippen molar-refractivity contribution in [2.24, 2.45) is 0 Å². The van der Waals surface area contributed by atoms with Gasteiger partial charge in [-0.05, 0) is 30.3 Å². The third-order valence-electron chi connectivity index (χ3n) is 4.57. The van der Waals surface area contributed by atoms with Gasteiger partial charge in [0.1, 0.15) is 6.54 Å². The Kier molecular flexibility index (Phi) is 7.04. The molecule has 0 bridgehead atoms. The summed E-state index contributed by atoms with van der Waals surface area (Å²) in [6, 6.07) is 18.7. The molecule has 170 valence electrons. The van der Waals surface area contributed by atoms with E-state index in [0.29, 0.717) is 0 Å². The minimum absolute atomic E-state index is 0.0844. The van der Waals surface area contributed by atoms with Crippen LogP contribution in [0.5, 0.6) is 0 Å². The maximum absolute atomic E-state index is 13.4. The molecule has 1 N–H and O–H groups in total. The summed E-state index contributed by atoms with van der Waals surface area (Å²) in [6.07, 6.45) is 0. The van der Waals surface area contributed by atoms with Gasteiger partial charge in [0.05, 0.1) is 29.0 Å². The molecule has 0 unspecified atom stereocenters. The number of nitrogens with one attached hydrogen (secondary N) is 1. The molecule has 0 aromatic heterocycles. The summed E-state index contributed by atoms with van der Waals surface area (Å²) in [5.74, 6) is -1.45. The first-order chi connectivity index (χ1) is 15.8. The Morgan fingerprint density at radius 1 is 0.970 bits per heavy atom. The van der Waals surface area contributed by atoms with Crippen LogP contribution in [0.3, 0.4) is 0 Å². The Morgan fingerprint density at radius 3 is 2.24 bits per heavy atom. The molecule has 0 heterocycles. The Morgan fingerprint density at radius 2 is 1.58 bits per heavy atom. The number of benzene rings is 3. The molecule has 0 spiro atoms. The number of esters is 1. The predicted molar refractivity (Wildman–Crippen MR) is 120 cm³/mol. The van der Waals surface area contributed by atoms with Crippen molar-refractivity contribution >= 4 is 39.0 Å². The van der Waals surface area contributed by atoms with Gasteiger partial charge in [-0.15, -0.1) is 0 Å². The van der Waals surface area contributed by atoms with Gasteiger partial charge in [-0.3, -0.25) is 19.2 Å². The third kappa shape index (κ3) is 5.15. The summed E-state index contributed by atoms with van der Waals surface area (Å²) in [5, 5.41) is 13.9. The van der Waals surface area contributed by atoms with Crippen LogP contribution < -0.4 is 9.62 Å². The van der Waals surface area contributed by atoms with Gasteiger partial charge in [0.25, 0.3) is 15.7 Å². The van der Waals surface area contributed by atoms with Crippen molar-refractivity contribution in [1.29, 1.82) is 0 Å². The van der Waals surface area contributed by atoms with Crippen molar-refractivity contribution < 1.29 is 27.7 Å². The molecule has 11 heteroatoms. The largest absolute Gasteiger partial charge is 0.465 e. The van der Waals surface area contributed by atoms with Gasteiger partial charge < -0.3 is 10.1 Å². The first kappa shape index (κ1) is 23.4. The van der Waals surface area contributed by atoms with Crippen LogP contribution in [0.2, 0.25) is 0 Å². The van der Waals surface area contributed by atoms with Gasteiger partial charge in [0.15, 0.2) is 4.90 Å². The van der Waals surface area contributed by atoms with Gasteiger partial charge in [-0.1, -0.05) is 42.5 Å². The molecule has 0 atom stereocenters. The number of sulfonamides is 1. The molecule has 0 saturated carbocycles. The lowest BCUT2D eigenvalue weighted by molar-refractivity contribution is -0.387. The zero-order valence-electron chi connectivity index (χ0n) is 17.4. The number of carbonyl (C=O) groups excluding carboxylic acids is 2. The van der Waals surface area contributed by atoms with Crippen molar-refractivity contribution in [3.8, 4) is 0 Å². The zero-order chi connectivity index (χ0) is 24.0. The molecule has 0 aliphatic heterocycles. The van der Waals surface area contributed by atoms with E-state index in [0.717, 1.165) is 16.4 Å². The van der Waals surface area contributed by atoms with Crippen LogP contribution >= 0.6 is 0 Å². The fraction of sp³-hybridized carbons (Fsp3) is 0.0909. The van der Waals surface area contributed by atoms with Gasteiger partial charge in [0, 0.05) is 6.07 Å². The third-order valence-corrected chi connectivity index (χ3v) is 6.39. The number of nitro groups is 1. The molecule has 33 heavy (non-hydrogen) atoms. The fourth-order valence-electron chi connectivity index (χ4n) is 3.05. The quantitative estimate of drug-likeness (QED) is 0.304. The minimum Gasteiger partial charge on any atom is -0.465 e. The second-order valence-electron chi connectivity index (χ2n) is 6.66. The average Bonchev–Trinajstić information content (AvgIpc) is 2.82. The summed E-state index contributed by atoms with van der Waals surface area (Å²) in [5.41, 5.74) is -0.270. The highest BCUT2D eigenvalue weighted by molar-refractivity contribution is 7.93. The smallest absolute Gasteiger partial charge is 0.339 e. The number of para-hydroxylation sites is 3. The monoisotopic (exact) mass is 469 g/mol. The van der Waals surface area contributed by atoms with Crippen LogP contribution in [-0.4, -0.2) is 38.9 Å². The fourth-order valence-corrected chi connectivity index (χ4v) is 4.64. The Labute approximate surface area is 189 Å². The zero-order valence-corrected chi connectivity index (χ0v) is 18.2. The van der Waals surface area contributed by atoms with E-state index in [-0.39, 0.29) is 16.9 Å². The van der Waals surface area contributed by atoms with Gasteiger partial charge in [-0.25, -0.2) is 13.2 Å². The lowest BCUT2D eigenvalue weighted by Crippen LogP contribution is -2.38. The standard InChI is InChI=1S/C22H19N3O7S/c1-32-22(27)17-11-5-6-12-18(17)23-21(26)15-24(16-9-3-2-4-10-16)33(30,31)20-14-8-7-13-19(20)25(28)29/h2-14H,15H2,1H3,(H,23,26).